The minimum atomic E-state index is -0.0627. The molecule has 0 radical (unpaired) electrons. The summed E-state index contributed by atoms with van der Waals surface area (Å²) in [5.41, 5.74) is 1.66. The first-order valence-electron chi connectivity index (χ1n) is 4.26. The lowest BCUT2D eigenvalue weighted by molar-refractivity contribution is 0.588. The van der Waals surface area contributed by atoms with Crippen LogP contribution in [0.15, 0.2) is 24.3 Å². The summed E-state index contributed by atoms with van der Waals surface area (Å²) in [4.78, 5) is 0. The highest BCUT2D eigenvalue weighted by Crippen LogP contribution is 2.20. The summed E-state index contributed by atoms with van der Waals surface area (Å²) < 4.78 is 1.21. The zero-order valence-corrected chi connectivity index (χ0v) is 10.3. The third-order valence-corrected chi connectivity index (χ3v) is 2.60. The molecule has 0 aliphatic rings. The fourth-order valence-corrected chi connectivity index (χ4v) is 1.41. The molecule has 70 valence electrons. The van der Waals surface area contributed by atoms with Crippen LogP contribution >= 0.6 is 22.6 Å². The van der Waals surface area contributed by atoms with Crippen molar-refractivity contribution >= 4 is 28.3 Å². The zero-order chi connectivity index (χ0) is 10.1. The van der Waals surface area contributed by atoms with Crippen LogP contribution in [-0.2, 0) is 0 Å². The number of hydrogen-bond donors (Lipinski definition) is 1. The van der Waals surface area contributed by atoms with Gasteiger partial charge in [-0.25, -0.2) is 0 Å². The van der Waals surface area contributed by atoms with Crippen LogP contribution in [0, 0.1) is 14.4 Å². The third kappa shape index (κ3) is 2.79. The molecule has 2 heteroatoms. The smallest absolute Gasteiger partial charge is 0.0439 e. The van der Waals surface area contributed by atoms with Gasteiger partial charge in [0, 0.05) is 14.7 Å². The van der Waals surface area contributed by atoms with Gasteiger partial charge in [0.2, 0.25) is 0 Å². The van der Waals surface area contributed by atoms with Crippen LogP contribution in [0.3, 0.4) is 0 Å². The molecular formula is C11H14IN. The lowest BCUT2D eigenvalue weighted by Gasteiger charge is -2.19. The highest BCUT2D eigenvalue weighted by Gasteiger charge is 2.18. The van der Waals surface area contributed by atoms with Gasteiger partial charge in [0.25, 0.3) is 0 Å². The molecule has 1 rings (SSSR count). The average Bonchev–Trinajstić information content (AvgIpc) is 2.03. The second kappa shape index (κ2) is 3.78. The number of hydrogen-bond acceptors (Lipinski definition) is 1. The summed E-state index contributed by atoms with van der Waals surface area (Å²) in [6.07, 6.45) is 0. The van der Waals surface area contributed by atoms with E-state index in [-0.39, 0.29) is 5.41 Å². The van der Waals surface area contributed by atoms with Crippen molar-refractivity contribution < 1.29 is 0 Å². The molecule has 0 spiro atoms. The molecular weight excluding hydrogens is 273 g/mol. The molecule has 0 saturated carbocycles. The number of halogens is 1. The fourth-order valence-electron chi connectivity index (χ4n) is 1.05. The molecule has 0 amide bonds. The quantitative estimate of drug-likeness (QED) is 0.601. The molecule has 0 heterocycles. The Kier molecular flexibility index (Phi) is 3.11. The lowest BCUT2D eigenvalue weighted by Crippen LogP contribution is -2.20. The molecule has 0 saturated heterocycles. The molecule has 0 atom stereocenters. The largest absolute Gasteiger partial charge is 0.304 e. The first kappa shape index (κ1) is 10.7. The third-order valence-electron chi connectivity index (χ3n) is 1.88. The molecule has 0 aliphatic carbocycles. The van der Waals surface area contributed by atoms with Crippen molar-refractivity contribution in [2.75, 3.05) is 0 Å². The predicted molar refractivity (Wildman–Crippen MR) is 65.4 cm³/mol. The summed E-state index contributed by atoms with van der Waals surface area (Å²) in [5, 5.41) is 7.95. The van der Waals surface area contributed by atoms with Crippen LogP contribution in [0.4, 0.5) is 0 Å². The molecule has 1 nitrogen and oxygen atoms in total. The Labute approximate surface area is 93.2 Å². The van der Waals surface area contributed by atoms with Crippen LogP contribution in [-0.4, -0.2) is 5.71 Å². The average molecular weight is 287 g/mol. The Morgan fingerprint density at radius 3 is 2.00 bits per heavy atom. The van der Waals surface area contributed by atoms with Gasteiger partial charge < -0.3 is 5.41 Å². The van der Waals surface area contributed by atoms with E-state index in [0.717, 1.165) is 5.56 Å². The van der Waals surface area contributed by atoms with E-state index in [2.05, 4.69) is 43.4 Å². The normalized spacial score (nSPS) is 11.4. The van der Waals surface area contributed by atoms with Gasteiger partial charge in [-0.15, -0.1) is 0 Å². The zero-order valence-electron chi connectivity index (χ0n) is 8.19. The number of rotatable bonds is 1. The van der Waals surface area contributed by atoms with Gasteiger partial charge in [-0.1, -0.05) is 32.9 Å². The molecule has 0 fully saturated rings. The Hall–Kier alpha value is -0.380. The van der Waals surface area contributed by atoms with Crippen molar-refractivity contribution in [2.45, 2.75) is 20.8 Å². The minimum absolute atomic E-state index is 0.0627. The second-order valence-corrected chi connectivity index (χ2v) is 5.38. The van der Waals surface area contributed by atoms with Crippen LogP contribution in [0.2, 0.25) is 0 Å². The number of benzene rings is 1. The van der Waals surface area contributed by atoms with Crippen LogP contribution < -0.4 is 0 Å². The van der Waals surface area contributed by atoms with Crippen molar-refractivity contribution in [2.24, 2.45) is 5.41 Å². The summed E-state index contributed by atoms with van der Waals surface area (Å²) in [6, 6.07) is 8.09. The van der Waals surface area contributed by atoms with E-state index >= 15 is 0 Å². The highest BCUT2D eigenvalue weighted by atomic mass is 127. The van der Waals surface area contributed by atoms with E-state index in [4.69, 9.17) is 5.41 Å². The number of nitrogens with one attached hydrogen (secondary N) is 1. The monoisotopic (exact) mass is 287 g/mol. The molecule has 1 aromatic carbocycles. The van der Waals surface area contributed by atoms with Crippen LogP contribution in [0.1, 0.15) is 26.3 Å². The molecule has 0 aliphatic heterocycles. The Morgan fingerprint density at radius 2 is 1.62 bits per heavy atom. The van der Waals surface area contributed by atoms with Crippen molar-refractivity contribution in [1.82, 2.24) is 0 Å². The topological polar surface area (TPSA) is 23.9 Å². The molecule has 0 aromatic heterocycles. The van der Waals surface area contributed by atoms with Crippen LogP contribution in [0.25, 0.3) is 0 Å². The van der Waals surface area contributed by atoms with E-state index in [9.17, 15) is 0 Å². The van der Waals surface area contributed by atoms with Crippen molar-refractivity contribution in [3.8, 4) is 0 Å². The standard InChI is InChI=1S/C11H14IN/c1-11(2,3)10(13)8-4-6-9(12)7-5-8/h4-7,13H,1-3H3. The van der Waals surface area contributed by atoms with Gasteiger partial charge in [-0.2, -0.15) is 0 Å². The molecule has 1 N–H and O–H groups in total. The molecule has 0 unspecified atom stereocenters. The van der Waals surface area contributed by atoms with E-state index < -0.39 is 0 Å². The SMILES string of the molecule is CC(C)(C)C(=N)c1ccc(I)cc1. The first-order valence-corrected chi connectivity index (χ1v) is 5.34. The van der Waals surface area contributed by atoms with Gasteiger partial charge in [0.05, 0.1) is 0 Å². The molecule has 0 bridgehead atoms. The maximum atomic E-state index is 7.95. The van der Waals surface area contributed by atoms with Gasteiger partial charge >= 0.3 is 0 Å². The van der Waals surface area contributed by atoms with E-state index in [1.54, 1.807) is 0 Å². The Morgan fingerprint density at radius 1 is 1.15 bits per heavy atom. The van der Waals surface area contributed by atoms with Crippen LogP contribution in [0.5, 0.6) is 0 Å². The highest BCUT2D eigenvalue weighted by molar-refractivity contribution is 14.1. The second-order valence-electron chi connectivity index (χ2n) is 4.13. The summed E-state index contributed by atoms with van der Waals surface area (Å²) in [7, 11) is 0. The van der Waals surface area contributed by atoms with E-state index in [1.165, 1.54) is 3.57 Å². The summed E-state index contributed by atoms with van der Waals surface area (Å²) in [5.74, 6) is 0. The van der Waals surface area contributed by atoms with Gasteiger partial charge in [0.15, 0.2) is 0 Å². The van der Waals surface area contributed by atoms with Gasteiger partial charge in [-0.05, 0) is 40.3 Å². The molecule has 13 heavy (non-hydrogen) atoms. The van der Waals surface area contributed by atoms with E-state index in [0.29, 0.717) is 5.71 Å². The lowest BCUT2D eigenvalue weighted by atomic mass is 9.86. The molecule has 1 aromatic rings. The van der Waals surface area contributed by atoms with Crippen molar-refractivity contribution in [3.05, 3.63) is 33.4 Å². The summed E-state index contributed by atoms with van der Waals surface area (Å²) >= 11 is 2.27. The maximum absolute atomic E-state index is 7.95. The Balaban J connectivity index is 2.97. The fraction of sp³-hybridized carbons (Fsp3) is 0.364. The van der Waals surface area contributed by atoms with Crippen molar-refractivity contribution in [3.63, 3.8) is 0 Å². The van der Waals surface area contributed by atoms with Gasteiger partial charge in [-0.3, -0.25) is 0 Å². The van der Waals surface area contributed by atoms with Crippen molar-refractivity contribution in [1.29, 1.82) is 5.41 Å². The summed E-state index contributed by atoms with van der Waals surface area (Å²) in [6.45, 7) is 6.19. The van der Waals surface area contributed by atoms with Gasteiger partial charge in [0.1, 0.15) is 0 Å². The first-order chi connectivity index (χ1) is 5.91. The minimum Gasteiger partial charge on any atom is -0.304 e. The Bertz CT molecular complexity index is 306. The maximum Gasteiger partial charge on any atom is 0.0439 e. The van der Waals surface area contributed by atoms with E-state index in [1.807, 2.05) is 24.3 Å². The predicted octanol–water partition coefficient (Wildman–Crippen LogP) is 3.71.